The molecule has 0 amide bonds. The third kappa shape index (κ3) is 4.38. The van der Waals surface area contributed by atoms with E-state index in [-0.39, 0.29) is 51.8 Å². The Balaban J connectivity index is 1.29. The Morgan fingerprint density at radius 3 is 2.80 bits per heavy atom. The van der Waals surface area contributed by atoms with E-state index in [4.69, 9.17) is 9.72 Å². The zero-order valence-corrected chi connectivity index (χ0v) is 24.3. The van der Waals surface area contributed by atoms with E-state index in [9.17, 15) is 9.50 Å². The number of phenols is 1. The van der Waals surface area contributed by atoms with Gasteiger partial charge >= 0.3 is 6.01 Å². The molecule has 44 heavy (non-hydrogen) atoms. The van der Waals surface area contributed by atoms with Crippen LogP contribution in [0.25, 0.3) is 32.8 Å². The van der Waals surface area contributed by atoms with Crippen molar-refractivity contribution in [2.45, 2.75) is 62.3 Å². The zero-order valence-electron chi connectivity index (χ0n) is 24.3. The van der Waals surface area contributed by atoms with Gasteiger partial charge in [-0.15, -0.1) is 0 Å². The third-order valence-corrected chi connectivity index (χ3v) is 10.1. The number of nitrogens with zero attached hydrogens (tertiary/aromatic N) is 4. The maximum atomic E-state index is 16.7. The molecule has 8 rings (SSSR count). The molecule has 4 aliphatic heterocycles. The van der Waals surface area contributed by atoms with Crippen LogP contribution in [-0.4, -0.2) is 76.1 Å². The lowest BCUT2D eigenvalue weighted by Crippen LogP contribution is -2.58. The molecule has 1 aromatic heterocycles. The highest BCUT2D eigenvalue weighted by molar-refractivity contribution is 6.01. The molecule has 0 spiro atoms. The van der Waals surface area contributed by atoms with Crippen molar-refractivity contribution < 1.29 is 27.4 Å². The van der Waals surface area contributed by atoms with E-state index >= 15 is 13.2 Å². The maximum absolute atomic E-state index is 16.7. The lowest BCUT2D eigenvalue weighted by molar-refractivity contribution is 0.107. The normalized spacial score (nSPS) is 28.3. The number of benzene rings is 3. The van der Waals surface area contributed by atoms with Crippen molar-refractivity contribution in [1.82, 2.24) is 20.2 Å². The molecule has 230 valence electrons. The molecule has 0 saturated carbocycles. The van der Waals surface area contributed by atoms with Gasteiger partial charge in [-0.25, -0.2) is 17.6 Å². The zero-order chi connectivity index (χ0) is 30.4. The van der Waals surface area contributed by atoms with Crippen LogP contribution < -0.4 is 15.0 Å². The number of phenolic OH excluding ortho intramolecular Hbond substituents is 1. The summed E-state index contributed by atoms with van der Waals surface area (Å²) in [5.41, 5.74) is -1.43. The smallest absolute Gasteiger partial charge is 0.319 e. The van der Waals surface area contributed by atoms with Gasteiger partial charge in [-0.1, -0.05) is 12.1 Å². The standard InChI is InChI=1S/C33H33F4N5O2/c1-32-8-6-20(40-32)15-41(16-32)30-23-12-25(36)27(22-11-21(43)10-18-4-2-5-24(35)26(18)22)28(37)29(23)38-31(39-30)44-17-33-7-3-9-42(33)14-19(34)13-33/h2,4-5,10-12,19-20,40,43H,3,6-9,13-17H2,1H3/t19-,20-,32-,33+/m1/s1. The Bertz CT molecular complexity index is 1820. The van der Waals surface area contributed by atoms with Crippen molar-refractivity contribution in [3.8, 4) is 22.9 Å². The van der Waals surface area contributed by atoms with Gasteiger partial charge in [0.25, 0.3) is 0 Å². The number of hydrogen-bond donors (Lipinski definition) is 2. The van der Waals surface area contributed by atoms with E-state index in [1.165, 1.54) is 24.3 Å². The summed E-state index contributed by atoms with van der Waals surface area (Å²) in [7, 11) is 0. The number of ether oxygens (including phenoxy) is 1. The Labute approximate surface area is 251 Å². The van der Waals surface area contributed by atoms with E-state index < -0.39 is 34.7 Å². The number of alkyl halides is 1. The molecular weight excluding hydrogens is 574 g/mol. The lowest BCUT2D eigenvalue weighted by atomic mass is 9.95. The fourth-order valence-electron chi connectivity index (χ4n) is 8.23. The van der Waals surface area contributed by atoms with Crippen LogP contribution in [0.3, 0.4) is 0 Å². The van der Waals surface area contributed by atoms with Crippen LogP contribution in [-0.2, 0) is 0 Å². The van der Waals surface area contributed by atoms with Crippen LogP contribution in [0.4, 0.5) is 23.4 Å². The molecule has 2 N–H and O–H groups in total. The second kappa shape index (κ2) is 9.90. The summed E-state index contributed by atoms with van der Waals surface area (Å²) in [6.45, 7) is 4.60. The highest BCUT2D eigenvalue weighted by atomic mass is 19.1. The van der Waals surface area contributed by atoms with Crippen molar-refractivity contribution in [2.24, 2.45) is 0 Å². The molecule has 0 aliphatic carbocycles. The number of anilines is 1. The molecular formula is C33H33F4N5O2. The Morgan fingerprint density at radius 2 is 1.95 bits per heavy atom. The van der Waals surface area contributed by atoms with Gasteiger partial charge in [-0.3, -0.25) is 4.90 Å². The molecule has 5 heterocycles. The number of piperazine rings is 1. The minimum absolute atomic E-state index is 0.0118. The Morgan fingerprint density at radius 1 is 1.09 bits per heavy atom. The van der Waals surface area contributed by atoms with Crippen molar-refractivity contribution in [3.63, 3.8) is 0 Å². The average Bonchev–Trinajstić information content (AvgIpc) is 3.59. The van der Waals surface area contributed by atoms with Crippen molar-refractivity contribution in [2.75, 3.05) is 37.7 Å². The largest absolute Gasteiger partial charge is 0.508 e. The topological polar surface area (TPSA) is 73.8 Å². The summed E-state index contributed by atoms with van der Waals surface area (Å²) in [6, 6.07) is 8.08. The molecule has 4 aliphatic rings. The molecule has 7 nitrogen and oxygen atoms in total. The molecule has 3 aromatic carbocycles. The average molecular weight is 608 g/mol. The van der Waals surface area contributed by atoms with Gasteiger partial charge in [-0.05, 0) is 68.8 Å². The van der Waals surface area contributed by atoms with Crippen molar-refractivity contribution in [3.05, 3.63) is 53.8 Å². The van der Waals surface area contributed by atoms with E-state index in [0.717, 1.165) is 38.3 Å². The maximum Gasteiger partial charge on any atom is 0.319 e. The summed E-state index contributed by atoms with van der Waals surface area (Å²) in [5.74, 6) is -2.49. The van der Waals surface area contributed by atoms with E-state index in [0.29, 0.717) is 37.3 Å². The number of fused-ring (bicyclic) bond motifs is 5. The van der Waals surface area contributed by atoms with Crippen molar-refractivity contribution in [1.29, 1.82) is 0 Å². The first-order valence-corrected chi connectivity index (χ1v) is 15.3. The van der Waals surface area contributed by atoms with Gasteiger partial charge in [0.15, 0.2) is 5.82 Å². The lowest BCUT2D eigenvalue weighted by Gasteiger charge is -2.40. The molecule has 0 unspecified atom stereocenters. The summed E-state index contributed by atoms with van der Waals surface area (Å²) in [6.07, 6.45) is 3.07. The summed E-state index contributed by atoms with van der Waals surface area (Å²) in [4.78, 5) is 13.3. The minimum Gasteiger partial charge on any atom is -0.508 e. The predicted octanol–water partition coefficient (Wildman–Crippen LogP) is 5.86. The number of aromatic nitrogens is 2. The van der Waals surface area contributed by atoms with Crippen LogP contribution in [0.15, 0.2) is 36.4 Å². The third-order valence-electron chi connectivity index (χ3n) is 10.1. The van der Waals surface area contributed by atoms with E-state index in [1.807, 2.05) is 4.90 Å². The number of halogens is 4. The first kappa shape index (κ1) is 27.8. The fourth-order valence-corrected chi connectivity index (χ4v) is 8.23. The first-order chi connectivity index (χ1) is 21.1. The van der Waals surface area contributed by atoms with Gasteiger partial charge in [0.05, 0.1) is 11.1 Å². The predicted molar refractivity (Wildman–Crippen MR) is 159 cm³/mol. The highest BCUT2D eigenvalue weighted by Crippen LogP contribution is 2.43. The molecule has 2 bridgehead atoms. The van der Waals surface area contributed by atoms with Gasteiger partial charge in [-0.2, -0.15) is 9.97 Å². The first-order valence-electron chi connectivity index (χ1n) is 15.3. The van der Waals surface area contributed by atoms with Gasteiger partial charge in [0, 0.05) is 54.0 Å². The fraction of sp³-hybridized carbons (Fsp3) is 0.455. The quantitative estimate of drug-likeness (QED) is 0.276. The van der Waals surface area contributed by atoms with Crippen LogP contribution >= 0.6 is 0 Å². The summed E-state index contributed by atoms with van der Waals surface area (Å²) < 4.78 is 68.5. The summed E-state index contributed by atoms with van der Waals surface area (Å²) >= 11 is 0. The van der Waals surface area contributed by atoms with Crippen LogP contribution in [0, 0.1) is 17.5 Å². The molecule has 4 saturated heterocycles. The molecule has 0 radical (unpaired) electrons. The van der Waals surface area contributed by atoms with Crippen LogP contribution in [0.5, 0.6) is 11.8 Å². The van der Waals surface area contributed by atoms with Gasteiger partial charge in [0.1, 0.15) is 41.5 Å². The number of rotatable bonds is 5. The monoisotopic (exact) mass is 607 g/mol. The minimum atomic E-state index is -1.00. The highest BCUT2D eigenvalue weighted by Gasteiger charge is 2.49. The van der Waals surface area contributed by atoms with Crippen LogP contribution in [0.2, 0.25) is 0 Å². The Hall–Kier alpha value is -3.70. The summed E-state index contributed by atoms with van der Waals surface area (Å²) in [5, 5.41) is 14.5. The number of aromatic hydroxyl groups is 1. The molecule has 4 fully saturated rings. The second-order valence-corrected chi connectivity index (χ2v) is 13.3. The van der Waals surface area contributed by atoms with Crippen molar-refractivity contribution >= 4 is 27.5 Å². The molecule has 4 aromatic rings. The van der Waals surface area contributed by atoms with E-state index in [2.05, 4.69) is 22.1 Å². The number of hydrogen-bond acceptors (Lipinski definition) is 7. The van der Waals surface area contributed by atoms with Crippen LogP contribution in [0.1, 0.15) is 39.0 Å². The van der Waals surface area contributed by atoms with Gasteiger partial charge in [0.2, 0.25) is 0 Å². The molecule has 11 heteroatoms. The molecule has 4 atom stereocenters. The van der Waals surface area contributed by atoms with E-state index in [1.54, 1.807) is 6.07 Å². The second-order valence-electron chi connectivity index (χ2n) is 13.3. The SMILES string of the molecule is C[C@@]12CC[C@H](CN(c3nc(OC[C@@]45CCCN4C[C@H](F)C5)nc4c(F)c(-c5cc(O)cc6cccc(F)c56)c(F)cc34)C1)N2. The number of nitrogens with one attached hydrogen (secondary N) is 1. The Kier molecular flexibility index (Phi) is 6.26. The van der Waals surface area contributed by atoms with Gasteiger partial charge < -0.3 is 20.1 Å².